The van der Waals surface area contributed by atoms with Gasteiger partial charge in [-0.25, -0.2) is 0 Å². The van der Waals surface area contributed by atoms with E-state index in [9.17, 15) is 14.4 Å². The van der Waals surface area contributed by atoms with Crippen molar-refractivity contribution in [2.45, 2.75) is 51.1 Å². The summed E-state index contributed by atoms with van der Waals surface area (Å²) in [5.74, 6) is -0.759. The molecule has 2 unspecified atom stereocenters. The van der Waals surface area contributed by atoms with E-state index in [-0.39, 0.29) is 11.9 Å². The zero-order chi connectivity index (χ0) is 21.1. The van der Waals surface area contributed by atoms with Crippen LogP contribution in [0.15, 0.2) is 48.5 Å². The van der Waals surface area contributed by atoms with E-state index in [0.29, 0.717) is 24.6 Å². The first-order valence-corrected chi connectivity index (χ1v) is 10.6. The molecule has 6 heteroatoms. The SMILES string of the molecule is CC1CCC(NC(=O)C(=O)Nc2ccccc2CN2CCCC2=O)c2ccccc21. The predicted octanol–water partition coefficient (Wildman–Crippen LogP) is 3.50. The lowest BCUT2D eigenvalue weighted by molar-refractivity contribution is -0.136. The van der Waals surface area contributed by atoms with Gasteiger partial charge in [0.1, 0.15) is 0 Å². The molecule has 0 radical (unpaired) electrons. The highest BCUT2D eigenvalue weighted by Gasteiger charge is 2.28. The van der Waals surface area contributed by atoms with Crippen LogP contribution in [0.2, 0.25) is 0 Å². The Bertz CT molecular complexity index is 972. The average molecular weight is 405 g/mol. The fourth-order valence-corrected chi connectivity index (χ4v) is 4.41. The molecule has 0 saturated carbocycles. The summed E-state index contributed by atoms with van der Waals surface area (Å²) in [5, 5.41) is 5.63. The average Bonchev–Trinajstić information content (AvgIpc) is 3.16. The van der Waals surface area contributed by atoms with Gasteiger partial charge in [-0.15, -0.1) is 0 Å². The Morgan fingerprint density at radius 3 is 2.50 bits per heavy atom. The van der Waals surface area contributed by atoms with E-state index in [2.05, 4.69) is 23.6 Å². The van der Waals surface area contributed by atoms with E-state index in [1.165, 1.54) is 5.56 Å². The van der Waals surface area contributed by atoms with Crippen LogP contribution >= 0.6 is 0 Å². The van der Waals surface area contributed by atoms with Crippen LogP contribution < -0.4 is 10.6 Å². The van der Waals surface area contributed by atoms with E-state index in [0.717, 1.165) is 36.9 Å². The first-order valence-electron chi connectivity index (χ1n) is 10.6. The molecule has 0 spiro atoms. The first kappa shape index (κ1) is 20.1. The van der Waals surface area contributed by atoms with Crippen molar-refractivity contribution in [2.75, 3.05) is 11.9 Å². The Morgan fingerprint density at radius 1 is 1.00 bits per heavy atom. The molecule has 6 nitrogen and oxygen atoms in total. The summed E-state index contributed by atoms with van der Waals surface area (Å²) in [6, 6.07) is 15.2. The summed E-state index contributed by atoms with van der Waals surface area (Å²) in [6.07, 6.45) is 3.21. The molecule has 4 rings (SSSR count). The number of rotatable bonds is 4. The fraction of sp³-hybridized carbons (Fsp3) is 0.375. The predicted molar refractivity (Wildman–Crippen MR) is 115 cm³/mol. The van der Waals surface area contributed by atoms with Crippen LogP contribution in [-0.2, 0) is 20.9 Å². The zero-order valence-electron chi connectivity index (χ0n) is 17.2. The zero-order valence-corrected chi connectivity index (χ0v) is 17.2. The molecule has 1 aliphatic carbocycles. The summed E-state index contributed by atoms with van der Waals surface area (Å²) < 4.78 is 0. The molecule has 2 atom stereocenters. The molecule has 1 fully saturated rings. The largest absolute Gasteiger partial charge is 0.341 e. The molecule has 1 saturated heterocycles. The van der Waals surface area contributed by atoms with Crippen molar-refractivity contribution < 1.29 is 14.4 Å². The summed E-state index contributed by atoms with van der Waals surface area (Å²) >= 11 is 0. The van der Waals surface area contributed by atoms with Gasteiger partial charge in [-0.1, -0.05) is 49.4 Å². The van der Waals surface area contributed by atoms with Crippen LogP contribution in [0.5, 0.6) is 0 Å². The molecule has 1 aliphatic heterocycles. The van der Waals surface area contributed by atoms with Gasteiger partial charge in [0.15, 0.2) is 0 Å². The van der Waals surface area contributed by atoms with Gasteiger partial charge in [0, 0.05) is 25.2 Å². The molecule has 2 aromatic carbocycles. The lowest BCUT2D eigenvalue weighted by Crippen LogP contribution is -2.39. The van der Waals surface area contributed by atoms with Crippen molar-refractivity contribution in [3.63, 3.8) is 0 Å². The number of carbonyl (C=O) groups excluding carboxylic acids is 3. The van der Waals surface area contributed by atoms with E-state index < -0.39 is 11.8 Å². The minimum absolute atomic E-state index is 0.124. The van der Waals surface area contributed by atoms with E-state index in [1.54, 1.807) is 11.0 Å². The van der Waals surface area contributed by atoms with Gasteiger partial charge in [-0.2, -0.15) is 0 Å². The van der Waals surface area contributed by atoms with E-state index in [1.807, 2.05) is 36.4 Å². The van der Waals surface area contributed by atoms with Gasteiger partial charge in [0.05, 0.1) is 6.04 Å². The monoisotopic (exact) mass is 405 g/mol. The number of likely N-dealkylation sites (tertiary alicyclic amines) is 1. The van der Waals surface area contributed by atoms with Gasteiger partial charge < -0.3 is 15.5 Å². The van der Waals surface area contributed by atoms with Crippen LogP contribution in [0.25, 0.3) is 0 Å². The summed E-state index contributed by atoms with van der Waals surface area (Å²) in [7, 11) is 0. The Morgan fingerprint density at radius 2 is 1.73 bits per heavy atom. The molecule has 2 aliphatic rings. The Balaban J connectivity index is 1.43. The summed E-state index contributed by atoms with van der Waals surface area (Å²) in [4.78, 5) is 39.0. The molecule has 0 bridgehead atoms. The highest BCUT2D eigenvalue weighted by atomic mass is 16.2. The number of hydrogen-bond acceptors (Lipinski definition) is 3. The standard InChI is InChI=1S/C24H27N3O3/c1-16-12-13-21(19-9-4-3-8-18(16)19)26-24(30)23(29)25-20-10-5-2-7-17(20)15-27-14-6-11-22(27)28/h2-5,7-10,16,21H,6,11-15H2,1H3,(H,25,29)(H,26,30). The van der Waals surface area contributed by atoms with Crippen LogP contribution in [0, 0.1) is 0 Å². The van der Waals surface area contributed by atoms with E-state index >= 15 is 0 Å². The van der Waals surface area contributed by atoms with Crippen molar-refractivity contribution >= 4 is 23.4 Å². The van der Waals surface area contributed by atoms with Crippen molar-refractivity contribution in [3.8, 4) is 0 Å². The molecule has 0 aromatic heterocycles. The first-order chi connectivity index (χ1) is 14.5. The maximum absolute atomic E-state index is 12.6. The van der Waals surface area contributed by atoms with Crippen molar-refractivity contribution in [1.29, 1.82) is 0 Å². The van der Waals surface area contributed by atoms with Gasteiger partial charge >= 0.3 is 11.8 Å². The lowest BCUT2D eigenvalue weighted by Gasteiger charge is -2.30. The normalized spacial score (nSPS) is 20.6. The summed E-state index contributed by atoms with van der Waals surface area (Å²) in [5.41, 5.74) is 3.71. The number of hydrogen-bond donors (Lipinski definition) is 2. The second-order valence-corrected chi connectivity index (χ2v) is 8.16. The molecule has 3 amide bonds. The molecule has 30 heavy (non-hydrogen) atoms. The van der Waals surface area contributed by atoms with Crippen LogP contribution in [-0.4, -0.2) is 29.2 Å². The number of para-hydroxylation sites is 1. The number of fused-ring (bicyclic) bond motifs is 1. The number of benzene rings is 2. The van der Waals surface area contributed by atoms with Gasteiger partial charge in [-0.05, 0) is 47.9 Å². The molecular formula is C24H27N3O3. The Labute approximate surface area is 176 Å². The van der Waals surface area contributed by atoms with Gasteiger partial charge in [-0.3, -0.25) is 14.4 Å². The van der Waals surface area contributed by atoms with E-state index in [4.69, 9.17) is 0 Å². The van der Waals surface area contributed by atoms with Crippen LogP contribution in [0.3, 0.4) is 0 Å². The quantitative estimate of drug-likeness (QED) is 0.764. The Kier molecular flexibility index (Phi) is 5.84. The third-order valence-electron chi connectivity index (χ3n) is 6.10. The summed E-state index contributed by atoms with van der Waals surface area (Å²) in [6.45, 7) is 3.34. The second kappa shape index (κ2) is 8.69. The number of nitrogens with zero attached hydrogens (tertiary/aromatic N) is 1. The van der Waals surface area contributed by atoms with Crippen molar-refractivity contribution in [1.82, 2.24) is 10.2 Å². The minimum Gasteiger partial charge on any atom is -0.341 e. The van der Waals surface area contributed by atoms with Gasteiger partial charge in [0.2, 0.25) is 5.91 Å². The molecule has 1 heterocycles. The highest BCUT2D eigenvalue weighted by molar-refractivity contribution is 6.39. The number of carbonyl (C=O) groups is 3. The smallest absolute Gasteiger partial charge is 0.313 e. The van der Waals surface area contributed by atoms with Crippen LogP contribution in [0.4, 0.5) is 5.69 Å². The molecule has 156 valence electrons. The minimum atomic E-state index is -0.689. The topological polar surface area (TPSA) is 78.5 Å². The second-order valence-electron chi connectivity index (χ2n) is 8.16. The third-order valence-corrected chi connectivity index (χ3v) is 6.10. The van der Waals surface area contributed by atoms with Crippen molar-refractivity contribution in [2.24, 2.45) is 0 Å². The molecule has 2 N–H and O–H groups in total. The maximum atomic E-state index is 12.6. The third kappa shape index (κ3) is 4.22. The lowest BCUT2D eigenvalue weighted by atomic mass is 9.81. The number of nitrogens with one attached hydrogen (secondary N) is 2. The maximum Gasteiger partial charge on any atom is 0.313 e. The number of amides is 3. The van der Waals surface area contributed by atoms with Crippen LogP contribution in [0.1, 0.15) is 61.3 Å². The van der Waals surface area contributed by atoms with Crippen molar-refractivity contribution in [3.05, 3.63) is 65.2 Å². The molecule has 2 aromatic rings. The molecular weight excluding hydrogens is 378 g/mol. The van der Waals surface area contributed by atoms with Gasteiger partial charge in [0.25, 0.3) is 0 Å². The highest BCUT2D eigenvalue weighted by Crippen LogP contribution is 2.36. The fourth-order valence-electron chi connectivity index (χ4n) is 4.41. The Hall–Kier alpha value is -3.15. The number of anilines is 1.